The topological polar surface area (TPSA) is 94.3 Å². The molecule has 3 aromatic carbocycles. The van der Waals surface area contributed by atoms with E-state index in [0.29, 0.717) is 22.9 Å². The minimum Gasteiger partial charge on any atom is -0.449 e. The number of aromatic nitrogens is 2. The molecule has 172 valence electrons. The maximum atomic E-state index is 13.7. The van der Waals surface area contributed by atoms with Gasteiger partial charge >= 0.3 is 5.97 Å². The summed E-state index contributed by atoms with van der Waals surface area (Å²) in [5, 5.41) is 10.7. The van der Waals surface area contributed by atoms with Crippen molar-refractivity contribution < 1.29 is 23.1 Å². The number of aryl methyl sites for hydroxylation is 2. The molecular weight excluding hydrogens is 437 g/mol. The van der Waals surface area contributed by atoms with Gasteiger partial charge in [0.05, 0.1) is 5.56 Å². The Balaban J connectivity index is 1.38. The van der Waals surface area contributed by atoms with Crippen LogP contribution in [0.5, 0.6) is 0 Å². The van der Waals surface area contributed by atoms with Gasteiger partial charge in [0.2, 0.25) is 11.8 Å². The number of hydrogen-bond acceptors (Lipinski definition) is 6. The van der Waals surface area contributed by atoms with Crippen molar-refractivity contribution in [1.82, 2.24) is 10.2 Å². The van der Waals surface area contributed by atoms with Crippen LogP contribution in [-0.2, 0) is 9.53 Å². The smallest absolute Gasteiger partial charge is 0.338 e. The molecule has 1 N–H and O–H groups in total. The summed E-state index contributed by atoms with van der Waals surface area (Å²) in [4.78, 5) is 24.8. The molecule has 8 heteroatoms. The second-order valence-corrected chi connectivity index (χ2v) is 7.86. The molecule has 34 heavy (non-hydrogen) atoms. The van der Waals surface area contributed by atoms with Gasteiger partial charge in [0.25, 0.3) is 5.91 Å². The predicted molar refractivity (Wildman–Crippen MR) is 125 cm³/mol. The molecule has 0 saturated carbocycles. The molecule has 0 spiro atoms. The third-order valence-corrected chi connectivity index (χ3v) is 5.18. The van der Waals surface area contributed by atoms with Gasteiger partial charge in [-0.3, -0.25) is 4.79 Å². The Hall–Kier alpha value is -4.33. The lowest BCUT2D eigenvalue weighted by Crippen LogP contribution is -2.30. The van der Waals surface area contributed by atoms with Crippen LogP contribution < -0.4 is 5.32 Å². The van der Waals surface area contributed by atoms with Gasteiger partial charge in [-0.1, -0.05) is 23.8 Å². The van der Waals surface area contributed by atoms with E-state index in [2.05, 4.69) is 15.5 Å². The van der Waals surface area contributed by atoms with Crippen LogP contribution in [-0.4, -0.2) is 28.2 Å². The molecule has 1 amide bonds. The highest BCUT2D eigenvalue weighted by atomic mass is 19.1. The summed E-state index contributed by atoms with van der Waals surface area (Å²) in [5.41, 5.74) is 3.57. The van der Waals surface area contributed by atoms with Crippen molar-refractivity contribution in [1.29, 1.82) is 0 Å². The van der Waals surface area contributed by atoms with Crippen LogP contribution in [0, 0.1) is 19.7 Å². The van der Waals surface area contributed by atoms with Gasteiger partial charge in [-0.15, -0.1) is 10.2 Å². The van der Waals surface area contributed by atoms with E-state index in [4.69, 9.17) is 9.15 Å². The minimum atomic E-state index is -1.08. The molecule has 0 fully saturated rings. The largest absolute Gasteiger partial charge is 0.449 e. The first-order valence-electron chi connectivity index (χ1n) is 10.6. The van der Waals surface area contributed by atoms with Crippen molar-refractivity contribution in [2.24, 2.45) is 0 Å². The number of nitrogens with zero attached hydrogens (tertiary/aromatic N) is 2. The Bertz CT molecular complexity index is 1330. The van der Waals surface area contributed by atoms with E-state index in [0.717, 1.165) is 11.1 Å². The van der Waals surface area contributed by atoms with Crippen molar-refractivity contribution in [3.05, 3.63) is 89.2 Å². The highest BCUT2D eigenvalue weighted by Gasteiger charge is 2.20. The lowest BCUT2D eigenvalue weighted by Gasteiger charge is -2.14. The molecule has 0 bridgehead atoms. The van der Waals surface area contributed by atoms with E-state index >= 15 is 0 Å². The first-order valence-corrected chi connectivity index (χ1v) is 10.6. The summed E-state index contributed by atoms with van der Waals surface area (Å²) in [6, 6.07) is 18.5. The van der Waals surface area contributed by atoms with Crippen LogP contribution >= 0.6 is 0 Å². The van der Waals surface area contributed by atoms with E-state index in [1.807, 2.05) is 31.2 Å². The second kappa shape index (κ2) is 9.66. The van der Waals surface area contributed by atoms with Gasteiger partial charge in [-0.05, 0) is 74.9 Å². The number of amides is 1. The number of nitrogens with one attached hydrogen (secondary N) is 1. The number of benzene rings is 3. The van der Waals surface area contributed by atoms with E-state index in [-0.39, 0.29) is 11.3 Å². The normalized spacial score (nSPS) is 11.6. The van der Waals surface area contributed by atoms with Crippen LogP contribution in [0.2, 0.25) is 0 Å². The van der Waals surface area contributed by atoms with Gasteiger partial charge in [0.15, 0.2) is 6.10 Å². The maximum absolute atomic E-state index is 13.7. The van der Waals surface area contributed by atoms with Gasteiger partial charge in [0, 0.05) is 16.8 Å². The molecule has 4 rings (SSSR count). The van der Waals surface area contributed by atoms with Crippen molar-refractivity contribution in [2.75, 3.05) is 5.32 Å². The molecule has 1 heterocycles. The molecule has 0 saturated heterocycles. The van der Waals surface area contributed by atoms with E-state index in [1.54, 1.807) is 43.3 Å². The number of halogens is 1. The number of carbonyl (C=O) groups excluding carboxylic acids is 2. The number of anilines is 1. The number of hydrogen-bond donors (Lipinski definition) is 1. The minimum absolute atomic E-state index is 0.253. The summed E-state index contributed by atoms with van der Waals surface area (Å²) in [6.45, 7) is 5.06. The zero-order chi connectivity index (χ0) is 24.2. The summed E-state index contributed by atoms with van der Waals surface area (Å²) >= 11 is 0. The van der Waals surface area contributed by atoms with Crippen molar-refractivity contribution in [2.45, 2.75) is 26.9 Å². The molecule has 0 aliphatic heterocycles. The average molecular weight is 459 g/mol. The maximum Gasteiger partial charge on any atom is 0.338 e. The Morgan fingerprint density at radius 2 is 1.50 bits per heavy atom. The lowest BCUT2D eigenvalue weighted by atomic mass is 10.1. The molecule has 7 nitrogen and oxygen atoms in total. The van der Waals surface area contributed by atoms with E-state index in [1.165, 1.54) is 13.0 Å². The molecule has 1 aromatic heterocycles. The third kappa shape index (κ3) is 5.17. The lowest BCUT2D eigenvalue weighted by molar-refractivity contribution is -0.123. The van der Waals surface area contributed by atoms with Gasteiger partial charge in [-0.2, -0.15) is 0 Å². The quantitative estimate of drug-likeness (QED) is 0.391. The monoisotopic (exact) mass is 459 g/mol. The number of esters is 1. The van der Waals surface area contributed by atoms with Crippen molar-refractivity contribution in [3.63, 3.8) is 0 Å². The standard InChI is InChI=1S/C26H22FN3O4/c1-15-4-7-18(8-5-15)24-29-30-25(34-24)19-9-11-20(12-10-19)26(32)33-17(3)23(31)28-21-13-6-16(2)22(27)14-21/h4-14,17H,1-3H3,(H,28,31). The SMILES string of the molecule is Cc1ccc(-c2nnc(-c3ccc(C(=O)OC(C)C(=O)Nc4ccc(C)c(F)c4)cc3)o2)cc1. The summed E-state index contributed by atoms with van der Waals surface area (Å²) < 4.78 is 24.7. The number of ether oxygens (including phenoxy) is 1. The number of carbonyl (C=O) groups is 2. The first-order chi connectivity index (χ1) is 16.3. The Kier molecular flexibility index (Phi) is 6.49. The van der Waals surface area contributed by atoms with Crippen LogP contribution in [0.1, 0.15) is 28.4 Å². The van der Waals surface area contributed by atoms with E-state index < -0.39 is 23.8 Å². The molecular formula is C26H22FN3O4. The zero-order valence-corrected chi connectivity index (χ0v) is 18.8. The fourth-order valence-electron chi connectivity index (χ4n) is 3.10. The molecule has 1 atom stereocenters. The average Bonchev–Trinajstić information content (AvgIpc) is 3.32. The third-order valence-electron chi connectivity index (χ3n) is 5.18. The van der Waals surface area contributed by atoms with Crippen LogP contribution in [0.15, 0.2) is 71.1 Å². The molecule has 0 aliphatic rings. The summed E-state index contributed by atoms with van der Waals surface area (Å²) in [6.07, 6.45) is -1.08. The first kappa shape index (κ1) is 22.8. The van der Waals surface area contributed by atoms with Crippen LogP contribution in [0.3, 0.4) is 0 Å². The van der Waals surface area contributed by atoms with E-state index in [9.17, 15) is 14.0 Å². The molecule has 1 unspecified atom stereocenters. The second-order valence-electron chi connectivity index (χ2n) is 7.86. The van der Waals surface area contributed by atoms with Crippen molar-refractivity contribution >= 4 is 17.6 Å². The highest BCUT2D eigenvalue weighted by molar-refractivity contribution is 5.97. The van der Waals surface area contributed by atoms with Gasteiger partial charge in [-0.25, -0.2) is 9.18 Å². The van der Waals surface area contributed by atoms with Crippen LogP contribution in [0.4, 0.5) is 10.1 Å². The van der Waals surface area contributed by atoms with Crippen molar-refractivity contribution in [3.8, 4) is 22.9 Å². The number of rotatable bonds is 6. The predicted octanol–water partition coefficient (Wildman–Crippen LogP) is 5.34. The zero-order valence-electron chi connectivity index (χ0n) is 18.8. The highest BCUT2D eigenvalue weighted by Crippen LogP contribution is 2.24. The molecule has 4 aromatic rings. The fourth-order valence-corrected chi connectivity index (χ4v) is 3.10. The Labute approximate surface area is 195 Å². The summed E-state index contributed by atoms with van der Waals surface area (Å²) in [5.74, 6) is -0.965. The summed E-state index contributed by atoms with van der Waals surface area (Å²) in [7, 11) is 0. The molecule has 0 radical (unpaired) electrons. The fraction of sp³-hybridized carbons (Fsp3) is 0.154. The van der Waals surface area contributed by atoms with Crippen LogP contribution in [0.25, 0.3) is 22.9 Å². The van der Waals surface area contributed by atoms with Gasteiger partial charge in [0.1, 0.15) is 5.82 Å². The van der Waals surface area contributed by atoms with Gasteiger partial charge < -0.3 is 14.5 Å². The Morgan fingerprint density at radius 1 is 0.912 bits per heavy atom. The molecule has 0 aliphatic carbocycles. The Morgan fingerprint density at radius 3 is 2.09 bits per heavy atom.